The molecule has 29 heavy (non-hydrogen) atoms. The number of fused-ring (bicyclic) bond motifs is 1. The minimum Gasteiger partial charge on any atom is -0.483 e. The maximum absolute atomic E-state index is 12.1. The first-order valence-electron chi connectivity index (χ1n) is 8.25. The molecule has 1 heterocycles. The van der Waals surface area contributed by atoms with Crippen LogP contribution in [0.2, 0.25) is 0 Å². The number of thiocarbonyl (C=S) groups is 1. The Morgan fingerprint density at radius 3 is 2.55 bits per heavy atom. The van der Waals surface area contributed by atoms with E-state index >= 15 is 0 Å². The molecule has 148 valence electrons. The molecule has 3 N–H and O–H groups in total. The fourth-order valence-electron chi connectivity index (χ4n) is 2.38. The van der Waals surface area contributed by atoms with Gasteiger partial charge in [-0.1, -0.05) is 28.1 Å². The Kier molecular flexibility index (Phi) is 7.13. The van der Waals surface area contributed by atoms with Gasteiger partial charge in [0.25, 0.3) is 11.8 Å². The van der Waals surface area contributed by atoms with Crippen molar-refractivity contribution in [2.45, 2.75) is 0 Å². The number of amides is 2. The summed E-state index contributed by atoms with van der Waals surface area (Å²) in [5.41, 5.74) is 5.25. The van der Waals surface area contributed by atoms with Crippen LogP contribution in [0.3, 0.4) is 0 Å². The minimum atomic E-state index is -0.469. The zero-order valence-electron chi connectivity index (χ0n) is 14.7. The molecule has 0 aliphatic carbocycles. The van der Waals surface area contributed by atoms with E-state index in [-0.39, 0.29) is 11.7 Å². The number of carbonyl (C=O) groups is 2. The van der Waals surface area contributed by atoms with Crippen LogP contribution < -0.4 is 20.9 Å². The van der Waals surface area contributed by atoms with Crippen LogP contribution in [0.5, 0.6) is 5.75 Å². The number of aromatic nitrogens is 1. The molecule has 2 aromatic carbocycles. The monoisotopic (exact) mass is 536 g/mol. The van der Waals surface area contributed by atoms with Crippen molar-refractivity contribution >= 4 is 71.8 Å². The molecule has 0 fully saturated rings. The summed E-state index contributed by atoms with van der Waals surface area (Å²) in [7, 11) is 0. The summed E-state index contributed by atoms with van der Waals surface area (Å²) < 4.78 is 7.31. The van der Waals surface area contributed by atoms with E-state index in [0.717, 1.165) is 19.7 Å². The second-order valence-electron chi connectivity index (χ2n) is 5.72. The summed E-state index contributed by atoms with van der Waals surface area (Å²) in [5, 5.41) is 4.36. The SMILES string of the molecule is O=C(COc1ccc2cc(Br)ccc2c1Br)NC(=S)NNC(=O)c1ccncc1. The molecule has 7 nitrogen and oxygen atoms in total. The molecule has 3 aromatic rings. The Morgan fingerprint density at radius 2 is 1.79 bits per heavy atom. The predicted octanol–water partition coefficient (Wildman–Crippen LogP) is 3.47. The van der Waals surface area contributed by atoms with Crippen molar-refractivity contribution in [3.8, 4) is 5.75 Å². The molecule has 0 radical (unpaired) electrons. The number of halogens is 2. The highest BCUT2D eigenvalue weighted by molar-refractivity contribution is 9.11. The highest BCUT2D eigenvalue weighted by atomic mass is 79.9. The Hall–Kier alpha value is -2.56. The Balaban J connectivity index is 1.50. The van der Waals surface area contributed by atoms with E-state index in [0.29, 0.717) is 11.3 Å². The van der Waals surface area contributed by atoms with E-state index in [1.54, 1.807) is 18.2 Å². The molecule has 0 unspecified atom stereocenters. The van der Waals surface area contributed by atoms with Crippen LogP contribution >= 0.6 is 44.1 Å². The van der Waals surface area contributed by atoms with Gasteiger partial charge in [-0.15, -0.1) is 0 Å². The van der Waals surface area contributed by atoms with E-state index in [2.05, 4.69) is 53.0 Å². The molecule has 0 aliphatic heterocycles. The van der Waals surface area contributed by atoms with E-state index in [1.165, 1.54) is 12.4 Å². The van der Waals surface area contributed by atoms with E-state index < -0.39 is 11.8 Å². The van der Waals surface area contributed by atoms with Crippen molar-refractivity contribution in [2.75, 3.05) is 6.61 Å². The predicted molar refractivity (Wildman–Crippen MR) is 120 cm³/mol. The third kappa shape index (κ3) is 5.72. The fraction of sp³-hybridized carbons (Fsp3) is 0.0526. The van der Waals surface area contributed by atoms with Gasteiger partial charge < -0.3 is 4.74 Å². The average molecular weight is 538 g/mol. The Bertz CT molecular complexity index is 1080. The highest BCUT2D eigenvalue weighted by Gasteiger charge is 2.11. The number of nitrogens with zero attached hydrogens (tertiary/aromatic N) is 1. The van der Waals surface area contributed by atoms with Crippen molar-refractivity contribution in [3.05, 3.63) is 69.4 Å². The lowest BCUT2D eigenvalue weighted by molar-refractivity contribution is -0.121. The molecular weight excluding hydrogens is 524 g/mol. The van der Waals surface area contributed by atoms with Gasteiger partial charge in [-0.05, 0) is 69.3 Å². The van der Waals surface area contributed by atoms with E-state index in [4.69, 9.17) is 17.0 Å². The lowest BCUT2D eigenvalue weighted by atomic mass is 10.1. The zero-order valence-corrected chi connectivity index (χ0v) is 18.7. The number of nitrogens with one attached hydrogen (secondary N) is 3. The van der Waals surface area contributed by atoms with Crippen molar-refractivity contribution < 1.29 is 14.3 Å². The van der Waals surface area contributed by atoms with Crippen LogP contribution in [0.15, 0.2) is 63.8 Å². The number of hydrazine groups is 1. The maximum atomic E-state index is 12.1. The molecule has 2 amide bonds. The fourth-order valence-corrected chi connectivity index (χ4v) is 3.53. The zero-order chi connectivity index (χ0) is 20.8. The first kappa shape index (κ1) is 21.2. The summed E-state index contributed by atoms with van der Waals surface area (Å²) in [4.78, 5) is 27.8. The maximum Gasteiger partial charge on any atom is 0.269 e. The van der Waals surface area contributed by atoms with Gasteiger partial charge in [-0.2, -0.15) is 0 Å². The number of hydrogen-bond acceptors (Lipinski definition) is 5. The van der Waals surface area contributed by atoms with Crippen molar-refractivity contribution in [2.24, 2.45) is 0 Å². The summed E-state index contributed by atoms with van der Waals surface area (Å²) in [6, 6.07) is 12.6. The Morgan fingerprint density at radius 1 is 1.03 bits per heavy atom. The van der Waals surface area contributed by atoms with Gasteiger partial charge in [-0.3, -0.25) is 30.7 Å². The molecular formula is C19H14Br2N4O3S. The molecule has 3 rings (SSSR count). The molecule has 10 heteroatoms. The van der Waals surface area contributed by atoms with Gasteiger partial charge in [-0.25, -0.2) is 0 Å². The summed E-state index contributed by atoms with van der Waals surface area (Å²) in [6.45, 7) is -0.249. The van der Waals surface area contributed by atoms with Crippen molar-refractivity contribution in [1.29, 1.82) is 0 Å². The molecule has 0 spiro atoms. The molecule has 0 bridgehead atoms. The number of ether oxygens (including phenoxy) is 1. The van der Waals surface area contributed by atoms with E-state index in [1.807, 2.05) is 24.3 Å². The van der Waals surface area contributed by atoms with E-state index in [9.17, 15) is 9.59 Å². The Labute approximate surface area is 188 Å². The highest BCUT2D eigenvalue weighted by Crippen LogP contribution is 2.34. The van der Waals surface area contributed by atoms with Crippen LogP contribution in [0.1, 0.15) is 10.4 Å². The van der Waals surface area contributed by atoms with Crippen molar-refractivity contribution in [1.82, 2.24) is 21.2 Å². The first-order chi connectivity index (χ1) is 13.9. The minimum absolute atomic E-state index is 0.0524. The van der Waals surface area contributed by atoms with Crippen LogP contribution in [0.25, 0.3) is 10.8 Å². The quantitative estimate of drug-likeness (QED) is 0.348. The third-order valence-electron chi connectivity index (χ3n) is 3.72. The molecule has 0 saturated heterocycles. The van der Waals surface area contributed by atoms with Gasteiger partial charge in [0.15, 0.2) is 11.7 Å². The lowest BCUT2D eigenvalue weighted by Crippen LogP contribution is -2.49. The number of hydrogen-bond donors (Lipinski definition) is 3. The van der Waals surface area contributed by atoms with Gasteiger partial charge in [0.1, 0.15) is 5.75 Å². The third-order valence-corrected chi connectivity index (χ3v) is 5.24. The molecule has 0 aliphatic rings. The second kappa shape index (κ2) is 9.77. The molecule has 0 saturated carbocycles. The number of pyridine rings is 1. The number of benzene rings is 2. The summed E-state index contributed by atoms with van der Waals surface area (Å²) in [5.74, 6) is -0.352. The smallest absolute Gasteiger partial charge is 0.269 e. The molecule has 1 aromatic heterocycles. The van der Waals surface area contributed by atoms with Gasteiger partial charge >= 0.3 is 0 Å². The van der Waals surface area contributed by atoms with Gasteiger partial charge in [0, 0.05) is 22.4 Å². The largest absolute Gasteiger partial charge is 0.483 e. The first-order valence-corrected chi connectivity index (χ1v) is 10.2. The number of carbonyl (C=O) groups excluding carboxylic acids is 2. The second-order valence-corrected chi connectivity index (χ2v) is 7.84. The number of rotatable bonds is 4. The van der Waals surface area contributed by atoms with Gasteiger partial charge in [0.05, 0.1) is 4.47 Å². The topological polar surface area (TPSA) is 92.4 Å². The normalized spacial score (nSPS) is 10.3. The molecule has 0 atom stereocenters. The lowest BCUT2D eigenvalue weighted by Gasteiger charge is -2.12. The van der Waals surface area contributed by atoms with Crippen LogP contribution in [0, 0.1) is 0 Å². The van der Waals surface area contributed by atoms with Crippen molar-refractivity contribution in [3.63, 3.8) is 0 Å². The van der Waals surface area contributed by atoms with Crippen LogP contribution in [-0.4, -0.2) is 28.5 Å². The summed E-state index contributed by atoms with van der Waals surface area (Å²) >= 11 is 11.9. The van der Waals surface area contributed by atoms with Gasteiger partial charge in [0.2, 0.25) is 0 Å². The summed E-state index contributed by atoms with van der Waals surface area (Å²) in [6.07, 6.45) is 2.99. The standard InChI is InChI=1S/C19H14Br2N4O3S/c20-13-2-3-14-12(9-13)1-4-15(17(14)21)28-10-16(26)23-19(29)25-24-18(27)11-5-7-22-8-6-11/h1-9H,10H2,(H,24,27)(H2,23,25,26,29). The van der Waals surface area contributed by atoms with Crippen LogP contribution in [-0.2, 0) is 4.79 Å². The van der Waals surface area contributed by atoms with Crippen LogP contribution in [0.4, 0.5) is 0 Å². The average Bonchev–Trinajstić information content (AvgIpc) is 2.72.